The van der Waals surface area contributed by atoms with Crippen LogP contribution in [0.1, 0.15) is 6.92 Å². The third kappa shape index (κ3) is 8.26. The number of hydrogen-bond donors (Lipinski definition) is 6. The summed E-state index contributed by atoms with van der Waals surface area (Å²) in [6.45, 7) is 0.115. The monoisotopic (exact) mass is 239 g/mol. The van der Waals surface area contributed by atoms with Crippen LogP contribution in [0.5, 0.6) is 0 Å². The van der Waals surface area contributed by atoms with Gasteiger partial charge < -0.3 is 31.3 Å². The third-order valence-corrected chi connectivity index (χ3v) is 1.50. The van der Waals surface area contributed by atoms with Crippen LogP contribution in [0.3, 0.4) is 0 Å². The highest BCUT2D eigenvalue weighted by atomic mass is 16.4. The molecule has 16 heavy (non-hydrogen) atoms. The molecule has 0 saturated carbocycles. The second-order valence-electron chi connectivity index (χ2n) is 2.89. The Kier molecular flexibility index (Phi) is 9.96. The molecule has 7 N–H and O–H groups in total. The van der Waals surface area contributed by atoms with Crippen molar-refractivity contribution >= 4 is 11.8 Å². The molecule has 0 spiro atoms. The van der Waals surface area contributed by atoms with Gasteiger partial charge in [0.05, 0.1) is 13.2 Å². The van der Waals surface area contributed by atoms with Crippen molar-refractivity contribution in [3.05, 3.63) is 0 Å². The van der Waals surface area contributed by atoms with Crippen LogP contribution in [0.15, 0.2) is 0 Å². The number of carboxylic acids is 1. The molecule has 3 atom stereocenters. The van der Waals surface area contributed by atoms with Gasteiger partial charge in [-0.25, -0.2) is 0 Å². The van der Waals surface area contributed by atoms with Crippen LogP contribution in [-0.4, -0.2) is 68.7 Å². The molecule has 0 aromatic heterocycles. The summed E-state index contributed by atoms with van der Waals surface area (Å²) >= 11 is 0. The van der Waals surface area contributed by atoms with Crippen molar-refractivity contribution < 1.29 is 35.1 Å². The maximum Gasteiger partial charge on any atom is 0.317 e. The Morgan fingerprint density at radius 2 is 1.62 bits per heavy atom. The van der Waals surface area contributed by atoms with Gasteiger partial charge in [0.1, 0.15) is 18.3 Å². The number of Topliss-reactive ketones (excluding diaryl/α,β-unsaturated/α-hetero) is 1. The quantitative estimate of drug-likeness (QED) is 0.290. The Morgan fingerprint density at radius 3 is 1.81 bits per heavy atom. The van der Waals surface area contributed by atoms with Crippen LogP contribution in [-0.2, 0) is 9.59 Å². The van der Waals surface area contributed by atoms with Crippen LogP contribution in [0, 0.1) is 0 Å². The molecular weight excluding hydrogens is 222 g/mol. The Hall–Kier alpha value is -1.06. The summed E-state index contributed by atoms with van der Waals surface area (Å²) in [6.07, 6.45) is -4.72. The smallest absolute Gasteiger partial charge is 0.317 e. The Bertz CT molecular complexity index is 220. The Balaban J connectivity index is 0. The highest BCUT2D eigenvalue weighted by molar-refractivity contribution is 5.80. The van der Waals surface area contributed by atoms with E-state index in [-0.39, 0.29) is 6.54 Å². The predicted molar refractivity (Wildman–Crippen MR) is 52.5 cm³/mol. The van der Waals surface area contributed by atoms with Crippen molar-refractivity contribution in [1.29, 1.82) is 0 Å². The second-order valence-corrected chi connectivity index (χ2v) is 2.89. The fraction of sp³-hybridized carbons (Fsp3) is 0.750. The average Bonchev–Trinajstić information content (AvgIpc) is 2.26. The Labute approximate surface area is 91.9 Å². The van der Waals surface area contributed by atoms with E-state index in [2.05, 4.69) is 5.73 Å². The fourth-order valence-electron chi connectivity index (χ4n) is 0.559. The van der Waals surface area contributed by atoms with Crippen molar-refractivity contribution in [1.82, 2.24) is 0 Å². The van der Waals surface area contributed by atoms with Crippen molar-refractivity contribution in [3.63, 3.8) is 0 Å². The van der Waals surface area contributed by atoms with Crippen LogP contribution in [0.4, 0.5) is 0 Å². The zero-order valence-corrected chi connectivity index (χ0v) is 8.78. The zero-order valence-electron chi connectivity index (χ0n) is 8.78. The lowest BCUT2D eigenvalue weighted by Gasteiger charge is -2.18. The van der Waals surface area contributed by atoms with E-state index in [1.54, 1.807) is 0 Å². The van der Waals surface area contributed by atoms with Crippen LogP contribution >= 0.6 is 0 Å². The molecule has 0 aromatic rings. The SMILES string of the molecule is CC(=O)[C@@H](O)[C@H](O)[C@H](O)CO.NCC(=O)O. The molecule has 0 unspecified atom stereocenters. The molecule has 96 valence electrons. The van der Waals surface area contributed by atoms with Gasteiger partial charge in [-0.2, -0.15) is 0 Å². The lowest BCUT2D eigenvalue weighted by Crippen LogP contribution is -2.42. The van der Waals surface area contributed by atoms with Crippen molar-refractivity contribution in [2.45, 2.75) is 25.2 Å². The molecule has 0 rings (SSSR count). The molecule has 0 aliphatic carbocycles. The van der Waals surface area contributed by atoms with Gasteiger partial charge in [-0.15, -0.1) is 0 Å². The van der Waals surface area contributed by atoms with Gasteiger partial charge in [0.25, 0.3) is 0 Å². The summed E-state index contributed by atoms with van der Waals surface area (Å²) in [6, 6.07) is 0. The van der Waals surface area contributed by atoms with E-state index < -0.39 is 36.7 Å². The summed E-state index contributed by atoms with van der Waals surface area (Å²) < 4.78 is 0. The number of carbonyl (C=O) groups is 2. The number of carbonyl (C=O) groups excluding carboxylic acids is 1. The van der Waals surface area contributed by atoms with E-state index >= 15 is 0 Å². The van der Waals surface area contributed by atoms with E-state index in [0.29, 0.717) is 0 Å². The summed E-state index contributed by atoms with van der Waals surface area (Å²) in [7, 11) is 0. The van der Waals surface area contributed by atoms with Gasteiger partial charge in [0, 0.05) is 0 Å². The predicted octanol–water partition coefficient (Wildman–Crippen LogP) is -3.32. The number of aliphatic hydroxyl groups is 4. The van der Waals surface area contributed by atoms with Gasteiger partial charge >= 0.3 is 5.97 Å². The molecule has 0 aliphatic rings. The lowest BCUT2D eigenvalue weighted by molar-refractivity contribution is -0.138. The molecular formula is C8H17NO7. The molecule has 0 aromatic carbocycles. The maximum atomic E-state index is 10.4. The summed E-state index contributed by atoms with van der Waals surface area (Å²) in [5.41, 5.74) is 4.57. The topological polar surface area (TPSA) is 161 Å². The first-order valence-corrected chi connectivity index (χ1v) is 4.35. The molecule has 0 amide bonds. The average molecular weight is 239 g/mol. The molecule has 0 fully saturated rings. The van der Waals surface area contributed by atoms with Crippen molar-refractivity contribution in [3.8, 4) is 0 Å². The van der Waals surface area contributed by atoms with Gasteiger partial charge in [0.15, 0.2) is 5.78 Å². The summed E-state index contributed by atoms with van der Waals surface area (Å²) in [5.74, 6) is -1.62. The first-order chi connectivity index (χ1) is 7.27. The number of carboxylic acid groups (broad SMARTS) is 1. The highest BCUT2D eigenvalue weighted by Gasteiger charge is 2.26. The highest BCUT2D eigenvalue weighted by Crippen LogP contribution is 2.00. The van der Waals surface area contributed by atoms with Crippen molar-refractivity contribution in [2.75, 3.05) is 13.2 Å². The number of hydrogen-bond acceptors (Lipinski definition) is 7. The number of aliphatic hydroxyl groups excluding tert-OH is 4. The summed E-state index contributed by atoms with van der Waals surface area (Å²) in [5, 5.41) is 42.3. The zero-order chi connectivity index (χ0) is 13.3. The molecule has 0 bridgehead atoms. The van der Waals surface area contributed by atoms with Crippen LogP contribution in [0.25, 0.3) is 0 Å². The number of rotatable bonds is 5. The van der Waals surface area contributed by atoms with E-state index in [4.69, 9.17) is 25.5 Å². The van der Waals surface area contributed by atoms with Gasteiger partial charge in [-0.05, 0) is 6.92 Å². The Morgan fingerprint density at radius 1 is 1.25 bits per heavy atom. The van der Waals surface area contributed by atoms with Crippen LogP contribution in [0.2, 0.25) is 0 Å². The minimum Gasteiger partial charge on any atom is -0.480 e. The molecule has 0 radical (unpaired) electrons. The standard InChI is InChI=1S/C6H12O5.C2H5NO2/c1-3(8)5(10)6(11)4(9)2-7;3-1-2(4)5/h4-7,9-11H,2H2,1H3;1,3H2,(H,4,5)/t4-,5-,6-;/m1./s1. The molecule has 0 saturated heterocycles. The maximum absolute atomic E-state index is 10.4. The van der Waals surface area contributed by atoms with E-state index in [0.717, 1.165) is 6.92 Å². The molecule has 8 heteroatoms. The first-order valence-electron chi connectivity index (χ1n) is 4.35. The molecule has 0 aliphatic heterocycles. The van der Waals surface area contributed by atoms with Crippen LogP contribution < -0.4 is 5.73 Å². The summed E-state index contributed by atoms with van der Waals surface area (Å²) in [4.78, 5) is 19.6. The molecule has 8 nitrogen and oxygen atoms in total. The van der Waals surface area contributed by atoms with Gasteiger partial charge in [0.2, 0.25) is 0 Å². The lowest BCUT2D eigenvalue weighted by atomic mass is 10.1. The van der Waals surface area contributed by atoms with Crippen molar-refractivity contribution in [2.24, 2.45) is 5.73 Å². The fourth-order valence-corrected chi connectivity index (χ4v) is 0.559. The van der Waals surface area contributed by atoms with Gasteiger partial charge in [-0.1, -0.05) is 0 Å². The van der Waals surface area contributed by atoms with E-state index in [9.17, 15) is 9.59 Å². The minimum absolute atomic E-state index is 0.278. The molecule has 0 heterocycles. The first kappa shape index (κ1) is 17.3. The normalized spacial score (nSPS) is 15.4. The van der Waals surface area contributed by atoms with E-state index in [1.807, 2.05) is 0 Å². The van der Waals surface area contributed by atoms with E-state index in [1.165, 1.54) is 0 Å². The number of ketones is 1. The largest absolute Gasteiger partial charge is 0.480 e. The number of nitrogens with two attached hydrogens (primary N) is 1. The second kappa shape index (κ2) is 9.19. The minimum atomic E-state index is -1.63. The third-order valence-electron chi connectivity index (χ3n) is 1.50. The number of aliphatic carboxylic acids is 1. The van der Waals surface area contributed by atoms with Gasteiger partial charge in [-0.3, -0.25) is 9.59 Å².